The second-order valence-electron chi connectivity index (χ2n) is 17.9. The molecule has 0 spiro atoms. The molecule has 0 bridgehead atoms. The van der Waals surface area contributed by atoms with Gasteiger partial charge >= 0.3 is 0 Å². The zero-order valence-electron chi connectivity index (χ0n) is 44.9. The highest BCUT2D eigenvalue weighted by Crippen LogP contribution is 2.38. The first-order valence-corrected chi connectivity index (χ1v) is 33.2. The van der Waals surface area contributed by atoms with Crippen LogP contribution in [0.4, 0.5) is 20.0 Å². The van der Waals surface area contributed by atoms with Crippen LogP contribution in [0.25, 0.3) is 115 Å². The molecule has 0 aliphatic carbocycles. The predicted molar refractivity (Wildman–Crippen MR) is 379 cm³/mol. The van der Waals surface area contributed by atoms with Crippen LogP contribution in [-0.2, 0) is 11.8 Å². The van der Waals surface area contributed by atoms with E-state index in [4.69, 9.17) is 43.0 Å². The molecule has 15 aromatic rings. The van der Waals surface area contributed by atoms with E-state index in [0.29, 0.717) is 29.9 Å². The number of aryl methyl sites for hydroxylation is 1. The molecule has 428 valence electrons. The lowest BCUT2D eigenvalue weighted by Crippen LogP contribution is -2.12. The Hall–Kier alpha value is -8.05. The number of nitrogens with zero attached hydrogens (tertiary/aromatic N) is 12. The smallest absolute Gasteiger partial charge is 0.245 e. The van der Waals surface area contributed by atoms with Crippen molar-refractivity contribution >= 4 is 251 Å². The van der Waals surface area contributed by atoms with E-state index >= 15 is 0 Å². The van der Waals surface area contributed by atoms with E-state index in [1.165, 1.54) is 124 Å². The van der Waals surface area contributed by atoms with Crippen LogP contribution >= 0.6 is 141 Å². The van der Waals surface area contributed by atoms with Crippen molar-refractivity contribution in [2.45, 2.75) is 13.8 Å². The number of hydrogen-bond acceptors (Lipinski definition) is 14. The van der Waals surface area contributed by atoms with Gasteiger partial charge in [-0.2, -0.15) is 35.3 Å². The summed E-state index contributed by atoms with van der Waals surface area (Å²) >= 11 is 22.6. The lowest BCUT2D eigenvalue weighted by molar-refractivity contribution is -0.118. The highest BCUT2D eigenvalue weighted by molar-refractivity contribution is 14.1. The minimum Gasteiger partial charge on any atom is -0.276 e. The molecule has 11 aromatic heterocycles. The Kier molecular flexibility index (Phi) is 20.1. The van der Waals surface area contributed by atoms with Crippen LogP contribution in [0.5, 0.6) is 0 Å². The number of amides is 1. The molecule has 4 aromatic carbocycles. The quantitative estimate of drug-likeness (QED) is 0.0582. The molecule has 87 heavy (non-hydrogen) atoms. The van der Waals surface area contributed by atoms with Crippen LogP contribution in [0, 0.1) is 32.1 Å². The number of rotatable bonds is 4. The van der Waals surface area contributed by atoms with Crippen LogP contribution in [-0.4, -0.2) is 68.2 Å². The third kappa shape index (κ3) is 14.7. The fourth-order valence-corrected chi connectivity index (χ4v) is 15.7. The van der Waals surface area contributed by atoms with Gasteiger partial charge < -0.3 is 0 Å². The molecule has 28 heteroatoms. The second-order valence-corrected chi connectivity index (χ2v) is 29.2. The lowest BCUT2D eigenvalue weighted by atomic mass is 10.0. The third-order valence-electron chi connectivity index (χ3n) is 12.2. The molecule has 15 rings (SSSR count). The number of halogens is 4. The number of hydrazone groups is 1. The Morgan fingerprint density at radius 3 is 1.89 bits per heavy atom. The molecule has 0 aliphatic heterocycles. The standard InChI is InChI=1S/C16H11IN2S.C15H9IN2S.C8H6ClN3OS.C8H5N3OS.C6H2BrN3S.C6H3N3S/c1-19-16-13(9-14(17)20-16)15(18-19)12-7-6-10-4-2-3-5-11(10)8-12;16-13-8-12-14(17-18-15(12)19-13)11-6-5-9-3-1-2-4-10(9)7-11;1-5(13)12-11-4-6-3-7(10-2)14-8(6)9;1-5(12)11-8-6(4-10-11)3-7(9-2)13-8;1-8-4-2-3-5(7)9-10-6(3)11-4;1-7-5-2-4-3-8-9-6(4)10-5/h2-9H,1H3;1-8H,(H,17,18);3-4H,1H3,(H,12,13);3-4H,1H3;2H,(H,9,10);2-3H,(H,8,9)/b;;11-4+;;;. The van der Waals surface area contributed by atoms with E-state index < -0.39 is 0 Å². The summed E-state index contributed by atoms with van der Waals surface area (Å²) in [6.07, 6.45) is 4.73. The largest absolute Gasteiger partial charge is 0.276 e. The maximum absolute atomic E-state index is 11.0. The van der Waals surface area contributed by atoms with Gasteiger partial charge in [0.05, 0.1) is 60.7 Å². The first kappa shape index (κ1) is 62.0. The molecular weight excluding hydrogens is 1530 g/mol. The summed E-state index contributed by atoms with van der Waals surface area (Å²) < 4.78 is 7.20. The number of aromatic nitrogens is 10. The number of carbonyl (C=O) groups is 2. The molecule has 0 radical (unpaired) electrons. The van der Waals surface area contributed by atoms with Crippen LogP contribution in [0.3, 0.4) is 0 Å². The number of thiophene rings is 6. The molecule has 0 fully saturated rings. The SMILES string of the molecule is Cn1nc(-c2ccc3ccccc3c2)c2cc(I)sc21.Ic1cc2c(-c3ccc4ccccc4c3)[nH]nc2s1.[C-]#[N+]c1cc(/C=N/NC(C)=O)c(Cl)s1.[C-]#[N+]c1cc2c(Br)[nH]nc2s1.[C-]#[N+]c1cc2cn[nH]c2s1.[C-]#[N+]c1cc2cnn(C(C)=O)c2s1. The van der Waals surface area contributed by atoms with Crippen molar-refractivity contribution in [1.82, 2.24) is 55.6 Å². The van der Waals surface area contributed by atoms with E-state index in [2.05, 4.69) is 224 Å². The van der Waals surface area contributed by atoms with Crippen molar-refractivity contribution in [3.8, 4) is 22.5 Å². The Balaban J connectivity index is 0.000000118. The highest BCUT2D eigenvalue weighted by Gasteiger charge is 2.16. The van der Waals surface area contributed by atoms with Gasteiger partial charge in [-0.3, -0.25) is 29.6 Å². The molecule has 0 saturated carbocycles. The van der Waals surface area contributed by atoms with E-state index in [1.807, 2.05) is 23.9 Å². The van der Waals surface area contributed by atoms with Crippen LogP contribution in [0.15, 0.2) is 143 Å². The first-order chi connectivity index (χ1) is 42.1. The zero-order valence-corrected chi connectivity index (χ0v) is 56.5. The Bertz CT molecular complexity index is 5210. The molecule has 18 nitrogen and oxygen atoms in total. The van der Waals surface area contributed by atoms with E-state index in [1.54, 1.807) is 47.2 Å². The van der Waals surface area contributed by atoms with E-state index in [9.17, 15) is 9.59 Å². The number of carbonyl (C=O) groups excluding carboxylic acids is 2. The molecule has 4 N–H and O–H groups in total. The van der Waals surface area contributed by atoms with Gasteiger partial charge in [-0.05, 0) is 131 Å². The van der Waals surface area contributed by atoms with Gasteiger partial charge in [0, 0.05) is 64.5 Å². The van der Waals surface area contributed by atoms with Gasteiger partial charge in [-0.1, -0.05) is 84.4 Å². The third-order valence-corrected chi connectivity index (χ3v) is 20.7. The number of nitrogens with one attached hydrogen (secondary N) is 4. The van der Waals surface area contributed by atoms with Crippen molar-refractivity contribution in [1.29, 1.82) is 0 Å². The Labute approximate surface area is 558 Å². The minimum absolute atomic E-state index is 0.131. The maximum atomic E-state index is 11.0. The van der Waals surface area contributed by atoms with Gasteiger partial charge in [0.25, 0.3) is 0 Å². The van der Waals surface area contributed by atoms with Gasteiger partial charge in [-0.25, -0.2) is 24.8 Å². The molecule has 0 saturated heterocycles. The number of benzene rings is 4. The second kappa shape index (κ2) is 28.2. The predicted octanol–water partition coefficient (Wildman–Crippen LogP) is 20.0. The average molecular weight is 1560 g/mol. The molecule has 0 atom stereocenters. The summed E-state index contributed by atoms with van der Waals surface area (Å²) in [6.45, 7) is 29.9. The summed E-state index contributed by atoms with van der Waals surface area (Å²) in [7, 11) is 2.01. The van der Waals surface area contributed by atoms with Gasteiger partial charge in [0.2, 0.25) is 31.8 Å². The fraction of sp³-hybridized carbons (Fsp3) is 0.0508. The first-order valence-electron chi connectivity index (χ1n) is 25.0. The number of hydrogen-bond donors (Lipinski definition) is 4. The lowest BCUT2D eigenvalue weighted by Gasteiger charge is -2.01. The molecule has 0 aliphatic rings. The van der Waals surface area contributed by atoms with Gasteiger partial charge in [0.15, 0.2) is 0 Å². The van der Waals surface area contributed by atoms with Crippen LogP contribution in [0.2, 0.25) is 4.34 Å². The molecule has 1 amide bonds. The van der Waals surface area contributed by atoms with E-state index in [0.717, 1.165) is 51.5 Å². The van der Waals surface area contributed by atoms with Crippen molar-refractivity contribution in [2.24, 2.45) is 12.1 Å². The summed E-state index contributed by atoms with van der Waals surface area (Å²) in [4.78, 5) is 39.6. The highest BCUT2D eigenvalue weighted by atomic mass is 127. The van der Waals surface area contributed by atoms with Crippen molar-refractivity contribution in [3.05, 3.63) is 200 Å². The van der Waals surface area contributed by atoms with Crippen molar-refractivity contribution in [2.75, 3.05) is 0 Å². The molecule has 0 unspecified atom stereocenters. The van der Waals surface area contributed by atoms with Gasteiger partial charge in [-0.15, -0.1) is 68.0 Å². The van der Waals surface area contributed by atoms with Crippen molar-refractivity contribution in [3.63, 3.8) is 0 Å². The minimum atomic E-state index is -0.252. The van der Waals surface area contributed by atoms with Crippen LogP contribution in [0.1, 0.15) is 24.2 Å². The summed E-state index contributed by atoms with van der Waals surface area (Å²) in [5, 5.41) is 46.0. The normalized spacial score (nSPS) is 10.7. The Morgan fingerprint density at radius 1 is 0.632 bits per heavy atom. The average Bonchev–Trinajstić information content (AvgIpc) is 2.57. The van der Waals surface area contributed by atoms with E-state index in [-0.39, 0.29) is 11.8 Å². The monoisotopic (exact) mass is 1560 g/mol. The summed E-state index contributed by atoms with van der Waals surface area (Å²) in [5.41, 5.74) is 7.44. The number of fused-ring (bicyclic) bond motifs is 7. The number of aromatic amines is 3. The molecule has 11 heterocycles. The molecular formula is C59H36BrClI2N16O2S6. The van der Waals surface area contributed by atoms with Gasteiger partial charge in [0.1, 0.15) is 34.4 Å². The Morgan fingerprint density at radius 2 is 1.23 bits per heavy atom. The fourth-order valence-electron chi connectivity index (χ4n) is 8.32. The summed E-state index contributed by atoms with van der Waals surface area (Å²) in [6, 6.07) is 41.3. The maximum Gasteiger partial charge on any atom is 0.245 e. The summed E-state index contributed by atoms with van der Waals surface area (Å²) in [5.74, 6) is -0.383. The number of H-pyrrole nitrogens is 3. The van der Waals surface area contributed by atoms with Crippen molar-refractivity contribution < 1.29 is 9.59 Å². The van der Waals surface area contributed by atoms with Crippen LogP contribution < -0.4 is 5.43 Å². The zero-order chi connectivity index (χ0) is 61.3. The topological polar surface area (TPSA) is 198 Å².